The van der Waals surface area contributed by atoms with Gasteiger partial charge >= 0.3 is 0 Å². The molecule has 0 amide bonds. The van der Waals surface area contributed by atoms with E-state index in [1.165, 1.54) is 6.33 Å². The van der Waals surface area contributed by atoms with Crippen LogP contribution in [0.3, 0.4) is 0 Å². The summed E-state index contributed by atoms with van der Waals surface area (Å²) in [5.41, 5.74) is 1.24. The Balaban J connectivity index is 1.66. The molecule has 0 saturated heterocycles. The number of sulfonamides is 1. The number of hydrogen-bond donors (Lipinski definition) is 1. The number of halogens is 2. The quantitative estimate of drug-likeness (QED) is 0.876. The van der Waals surface area contributed by atoms with Gasteiger partial charge in [-0.05, 0) is 37.1 Å². The number of nitrogens with zero attached hydrogens (tertiary/aromatic N) is 2. The molecule has 1 aromatic carbocycles. The highest BCUT2D eigenvalue weighted by molar-refractivity contribution is 7.88. The highest BCUT2D eigenvalue weighted by Crippen LogP contribution is 2.38. The van der Waals surface area contributed by atoms with Crippen LogP contribution >= 0.6 is 0 Å². The SMILES string of the molecule is O=S(=O)(Cc1cc(F)ccc1F)NCc1cc(C2CC2)ncn1. The van der Waals surface area contributed by atoms with Gasteiger partial charge in [0.2, 0.25) is 10.0 Å². The molecule has 0 atom stereocenters. The minimum Gasteiger partial charge on any atom is -0.241 e. The van der Waals surface area contributed by atoms with Crippen molar-refractivity contribution in [2.24, 2.45) is 0 Å². The normalized spacial score (nSPS) is 14.9. The Morgan fingerprint density at radius 3 is 2.70 bits per heavy atom. The molecule has 3 rings (SSSR count). The van der Waals surface area contributed by atoms with Crippen LogP contribution in [0.5, 0.6) is 0 Å². The second kappa shape index (κ2) is 6.29. The molecule has 1 aliphatic carbocycles. The number of nitrogens with one attached hydrogen (secondary N) is 1. The van der Waals surface area contributed by atoms with Crippen molar-refractivity contribution >= 4 is 10.0 Å². The van der Waals surface area contributed by atoms with Crippen LogP contribution in [0.4, 0.5) is 8.78 Å². The Morgan fingerprint density at radius 1 is 1.17 bits per heavy atom. The lowest BCUT2D eigenvalue weighted by Gasteiger charge is -2.08. The maximum Gasteiger partial charge on any atom is 0.216 e. The molecule has 0 bridgehead atoms. The topological polar surface area (TPSA) is 72.0 Å². The predicted octanol–water partition coefficient (Wildman–Crippen LogP) is 2.25. The van der Waals surface area contributed by atoms with Gasteiger partial charge in [0, 0.05) is 17.2 Å². The molecule has 5 nitrogen and oxygen atoms in total. The van der Waals surface area contributed by atoms with Crippen LogP contribution < -0.4 is 4.72 Å². The summed E-state index contributed by atoms with van der Waals surface area (Å²) >= 11 is 0. The number of aromatic nitrogens is 2. The molecular formula is C15H15F2N3O2S. The van der Waals surface area contributed by atoms with Crippen molar-refractivity contribution in [3.63, 3.8) is 0 Å². The molecule has 2 aromatic rings. The fourth-order valence-corrected chi connectivity index (χ4v) is 3.31. The van der Waals surface area contributed by atoms with Gasteiger partial charge in [0.25, 0.3) is 0 Å². The van der Waals surface area contributed by atoms with Gasteiger partial charge in [-0.15, -0.1) is 0 Å². The van der Waals surface area contributed by atoms with Gasteiger partial charge in [0.15, 0.2) is 0 Å². The number of hydrogen-bond acceptors (Lipinski definition) is 4. The van der Waals surface area contributed by atoms with Crippen molar-refractivity contribution in [3.05, 3.63) is 59.2 Å². The van der Waals surface area contributed by atoms with Crippen molar-refractivity contribution < 1.29 is 17.2 Å². The van der Waals surface area contributed by atoms with Crippen LogP contribution in [0.25, 0.3) is 0 Å². The molecule has 1 aliphatic rings. The largest absolute Gasteiger partial charge is 0.241 e. The minimum atomic E-state index is -3.81. The summed E-state index contributed by atoms with van der Waals surface area (Å²) in [7, 11) is -3.81. The molecule has 23 heavy (non-hydrogen) atoms. The van der Waals surface area contributed by atoms with Crippen molar-refractivity contribution in [2.45, 2.75) is 31.1 Å². The van der Waals surface area contributed by atoms with E-state index >= 15 is 0 Å². The van der Waals surface area contributed by atoms with Crippen molar-refractivity contribution in [1.82, 2.24) is 14.7 Å². The van der Waals surface area contributed by atoms with E-state index in [2.05, 4.69) is 14.7 Å². The smallest absolute Gasteiger partial charge is 0.216 e. The molecule has 1 fully saturated rings. The standard InChI is InChI=1S/C15H15F2N3O2S/c16-12-3-4-14(17)11(5-12)8-23(21,22)20-7-13-6-15(10-1-2-10)19-9-18-13/h3-6,9-10,20H,1-2,7-8H2. The third-order valence-corrected chi connectivity index (χ3v) is 4.84. The van der Waals surface area contributed by atoms with Gasteiger partial charge in [-0.2, -0.15) is 0 Å². The second-order valence-electron chi connectivity index (χ2n) is 5.52. The van der Waals surface area contributed by atoms with Crippen LogP contribution in [0.15, 0.2) is 30.6 Å². The van der Waals surface area contributed by atoms with Crippen LogP contribution in [0.2, 0.25) is 0 Å². The second-order valence-corrected chi connectivity index (χ2v) is 7.33. The molecule has 8 heteroatoms. The lowest BCUT2D eigenvalue weighted by molar-refractivity contribution is 0.569. The first-order valence-corrected chi connectivity index (χ1v) is 8.80. The molecule has 1 aromatic heterocycles. The first-order valence-electron chi connectivity index (χ1n) is 7.15. The van der Waals surface area contributed by atoms with Crippen molar-refractivity contribution in [1.29, 1.82) is 0 Å². The molecule has 0 unspecified atom stereocenters. The Kier molecular flexibility index (Phi) is 4.36. The van der Waals surface area contributed by atoms with Gasteiger partial charge < -0.3 is 0 Å². The van der Waals surface area contributed by atoms with E-state index < -0.39 is 27.4 Å². The van der Waals surface area contributed by atoms with Gasteiger partial charge in [0.1, 0.15) is 18.0 Å². The zero-order valence-electron chi connectivity index (χ0n) is 12.2. The van der Waals surface area contributed by atoms with E-state index in [-0.39, 0.29) is 12.1 Å². The van der Waals surface area contributed by atoms with Crippen molar-refractivity contribution in [2.75, 3.05) is 0 Å². The zero-order valence-corrected chi connectivity index (χ0v) is 13.0. The molecule has 0 radical (unpaired) electrons. The van der Waals surface area contributed by atoms with E-state index in [1.807, 2.05) is 0 Å². The van der Waals surface area contributed by atoms with E-state index in [4.69, 9.17) is 0 Å². The Labute approximate surface area is 132 Å². The molecular weight excluding hydrogens is 324 g/mol. The fraction of sp³-hybridized carbons (Fsp3) is 0.333. The lowest BCUT2D eigenvalue weighted by Crippen LogP contribution is -2.25. The summed E-state index contributed by atoms with van der Waals surface area (Å²) in [6.07, 6.45) is 3.57. The maximum absolute atomic E-state index is 13.5. The molecule has 1 heterocycles. The maximum atomic E-state index is 13.5. The van der Waals surface area contributed by atoms with Gasteiger partial charge in [-0.3, -0.25) is 0 Å². The minimum absolute atomic E-state index is 0.0124. The Bertz CT molecular complexity index is 823. The van der Waals surface area contributed by atoms with Crippen LogP contribution in [-0.2, 0) is 22.3 Å². The molecule has 1 N–H and O–H groups in total. The third-order valence-electron chi connectivity index (χ3n) is 3.57. The Morgan fingerprint density at radius 2 is 1.96 bits per heavy atom. The van der Waals surface area contributed by atoms with Gasteiger partial charge in [-0.25, -0.2) is 31.9 Å². The highest BCUT2D eigenvalue weighted by atomic mass is 32.2. The van der Waals surface area contributed by atoms with Gasteiger partial charge in [-0.1, -0.05) is 0 Å². The van der Waals surface area contributed by atoms with Crippen LogP contribution in [0.1, 0.15) is 35.7 Å². The highest BCUT2D eigenvalue weighted by Gasteiger charge is 2.25. The van der Waals surface area contributed by atoms with Crippen LogP contribution in [-0.4, -0.2) is 18.4 Å². The number of benzene rings is 1. The molecule has 1 saturated carbocycles. The van der Waals surface area contributed by atoms with E-state index in [1.54, 1.807) is 6.07 Å². The summed E-state index contributed by atoms with van der Waals surface area (Å²) in [6.45, 7) is -0.0124. The van der Waals surface area contributed by atoms with Crippen molar-refractivity contribution in [3.8, 4) is 0 Å². The summed E-state index contributed by atoms with van der Waals surface area (Å²) in [4.78, 5) is 8.17. The molecule has 0 aliphatic heterocycles. The first-order chi connectivity index (χ1) is 10.9. The summed E-state index contributed by atoms with van der Waals surface area (Å²) in [5, 5.41) is 0. The predicted molar refractivity (Wildman–Crippen MR) is 79.8 cm³/mol. The van der Waals surface area contributed by atoms with E-state index in [9.17, 15) is 17.2 Å². The average molecular weight is 339 g/mol. The molecule has 0 spiro atoms. The third kappa shape index (κ3) is 4.29. The fourth-order valence-electron chi connectivity index (χ4n) is 2.21. The zero-order chi connectivity index (χ0) is 16.4. The molecule has 122 valence electrons. The van der Waals surface area contributed by atoms with Crippen LogP contribution in [0, 0.1) is 11.6 Å². The van der Waals surface area contributed by atoms with E-state index in [0.29, 0.717) is 11.6 Å². The lowest BCUT2D eigenvalue weighted by atomic mass is 10.2. The van der Waals surface area contributed by atoms with E-state index in [0.717, 1.165) is 36.7 Å². The summed E-state index contributed by atoms with van der Waals surface area (Å²) in [6, 6.07) is 4.50. The average Bonchev–Trinajstić information content (AvgIpc) is 3.34. The van der Waals surface area contributed by atoms with Gasteiger partial charge in [0.05, 0.1) is 18.0 Å². The summed E-state index contributed by atoms with van der Waals surface area (Å²) < 4.78 is 53.0. The summed E-state index contributed by atoms with van der Waals surface area (Å²) in [5.74, 6) is -1.62. The number of rotatable bonds is 6. The Hall–Kier alpha value is -1.93. The monoisotopic (exact) mass is 339 g/mol. The first kappa shape index (κ1) is 15.9.